The van der Waals surface area contributed by atoms with Gasteiger partial charge in [-0.15, -0.1) is 0 Å². The molecule has 21 heavy (non-hydrogen) atoms. The van der Waals surface area contributed by atoms with Crippen LogP contribution in [0, 0.1) is 0 Å². The first kappa shape index (κ1) is 15.0. The van der Waals surface area contributed by atoms with E-state index in [2.05, 4.69) is 20.3 Å². The second-order valence-corrected chi connectivity index (χ2v) is 4.75. The number of pyridine rings is 1. The number of nitrogens with zero attached hydrogens (tertiary/aromatic N) is 3. The third-order valence-electron chi connectivity index (χ3n) is 3.34. The van der Waals surface area contributed by atoms with Gasteiger partial charge in [0, 0.05) is 37.4 Å². The van der Waals surface area contributed by atoms with Crippen molar-refractivity contribution in [3.05, 3.63) is 42.2 Å². The second kappa shape index (κ2) is 6.88. The lowest BCUT2D eigenvalue weighted by atomic mass is 10.2. The fourth-order valence-corrected chi connectivity index (χ4v) is 2.14. The predicted molar refractivity (Wildman–Crippen MR) is 82.1 cm³/mol. The topological polar surface area (TPSA) is 73.9 Å². The van der Waals surface area contributed by atoms with E-state index < -0.39 is 0 Å². The molecule has 2 N–H and O–H groups in total. The molecule has 2 rings (SSSR count). The summed E-state index contributed by atoms with van der Waals surface area (Å²) in [4.78, 5) is 25.5. The van der Waals surface area contributed by atoms with Gasteiger partial charge in [-0.2, -0.15) is 0 Å². The summed E-state index contributed by atoms with van der Waals surface area (Å²) in [6.45, 7) is 7.28. The molecule has 0 aliphatic heterocycles. The van der Waals surface area contributed by atoms with Crippen molar-refractivity contribution in [3.8, 4) is 0 Å². The molecule has 1 atom stereocenters. The standard InChI is InChI=1S/C15H21N5O/c1-4-20(5-2)15(21)13-10-12(6-7-16-13)19-11(3)14-17-8-9-18-14/h6-11H,4-5H2,1-3H3,(H,16,19)(H,17,18). The van der Waals surface area contributed by atoms with Gasteiger partial charge in [0.15, 0.2) is 0 Å². The quantitative estimate of drug-likeness (QED) is 0.856. The molecule has 0 radical (unpaired) electrons. The van der Waals surface area contributed by atoms with Crippen molar-refractivity contribution in [3.63, 3.8) is 0 Å². The van der Waals surface area contributed by atoms with E-state index in [4.69, 9.17) is 0 Å². The van der Waals surface area contributed by atoms with Crippen LogP contribution in [0.15, 0.2) is 30.7 Å². The zero-order valence-corrected chi connectivity index (χ0v) is 12.6. The van der Waals surface area contributed by atoms with E-state index in [0.29, 0.717) is 18.8 Å². The SMILES string of the molecule is CCN(CC)C(=O)c1cc(NC(C)c2ncc[nH]2)ccn1. The summed E-state index contributed by atoms with van der Waals surface area (Å²) in [5.74, 6) is 0.803. The lowest BCUT2D eigenvalue weighted by molar-refractivity contribution is 0.0767. The van der Waals surface area contributed by atoms with E-state index in [1.807, 2.05) is 26.8 Å². The van der Waals surface area contributed by atoms with Gasteiger partial charge < -0.3 is 15.2 Å². The summed E-state index contributed by atoms with van der Waals surface area (Å²) in [5.41, 5.74) is 1.31. The molecule has 2 aromatic heterocycles. The van der Waals surface area contributed by atoms with Crippen LogP contribution in [0.3, 0.4) is 0 Å². The van der Waals surface area contributed by atoms with Crippen molar-refractivity contribution < 1.29 is 4.79 Å². The Morgan fingerprint density at radius 2 is 2.10 bits per heavy atom. The first-order chi connectivity index (χ1) is 10.2. The van der Waals surface area contributed by atoms with Crippen LogP contribution in [0.25, 0.3) is 0 Å². The van der Waals surface area contributed by atoms with Crippen LogP contribution in [0.1, 0.15) is 43.1 Å². The number of imidazole rings is 1. The van der Waals surface area contributed by atoms with Crippen LogP contribution in [-0.2, 0) is 0 Å². The number of hydrogen-bond acceptors (Lipinski definition) is 4. The molecule has 1 amide bonds. The Morgan fingerprint density at radius 3 is 2.71 bits per heavy atom. The lowest BCUT2D eigenvalue weighted by Crippen LogP contribution is -2.31. The smallest absolute Gasteiger partial charge is 0.272 e. The minimum Gasteiger partial charge on any atom is -0.375 e. The molecule has 0 fully saturated rings. The zero-order chi connectivity index (χ0) is 15.2. The molecule has 0 spiro atoms. The van der Waals surface area contributed by atoms with Crippen LogP contribution in [0.5, 0.6) is 0 Å². The summed E-state index contributed by atoms with van der Waals surface area (Å²) in [5, 5.41) is 3.31. The highest BCUT2D eigenvalue weighted by atomic mass is 16.2. The minimum atomic E-state index is -0.0469. The van der Waals surface area contributed by atoms with Crippen LogP contribution in [0.4, 0.5) is 5.69 Å². The normalized spacial score (nSPS) is 12.0. The van der Waals surface area contributed by atoms with E-state index >= 15 is 0 Å². The summed E-state index contributed by atoms with van der Waals surface area (Å²) in [7, 11) is 0. The number of anilines is 1. The first-order valence-electron chi connectivity index (χ1n) is 7.16. The number of nitrogens with one attached hydrogen (secondary N) is 2. The third-order valence-corrected chi connectivity index (χ3v) is 3.34. The maximum absolute atomic E-state index is 12.3. The fourth-order valence-electron chi connectivity index (χ4n) is 2.14. The van der Waals surface area contributed by atoms with E-state index in [9.17, 15) is 4.79 Å². The fraction of sp³-hybridized carbons (Fsp3) is 0.400. The number of rotatable bonds is 6. The molecule has 2 heterocycles. The molecule has 6 heteroatoms. The molecule has 0 aromatic carbocycles. The third kappa shape index (κ3) is 3.59. The van der Waals surface area contributed by atoms with Crippen molar-refractivity contribution in [1.82, 2.24) is 19.9 Å². The minimum absolute atomic E-state index is 0.0267. The Bertz CT molecular complexity index is 578. The molecule has 0 aliphatic carbocycles. The Labute approximate surface area is 124 Å². The number of amides is 1. The highest BCUT2D eigenvalue weighted by molar-refractivity contribution is 5.93. The van der Waals surface area contributed by atoms with E-state index in [1.165, 1.54) is 0 Å². The second-order valence-electron chi connectivity index (χ2n) is 4.75. The summed E-state index contributed by atoms with van der Waals surface area (Å²) < 4.78 is 0. The van der Waals surface area contributed by atoms with Crippen molar-refractivity contribution in [2.75, 3.05) is 18.4 Å². The first-order valence-corrected chi connectivity index (χ1v) is 7.16. The zero-order valence-electron chi connectivity index (χ0n) is 12.6. The summed E-state index contributed by atoms with van der Waals surface area (Å²) in [6, 6.07) is 3.65. The van der Waals surface area contributed by atoms with Crippen molar-refractivity contribution in [2.45, 2.75) is 26.8 Å². The summed E-state index contributed by atoms with van der Waals surface area (Å²) >= 11 is 0. The van der Waals surface area contributed by atoms with Crippen molar-refractivity contribution >= 4 is 11.6 Å². The maximum atomic E-state index is 12.3. The molecule has 1 unspecified atom stereocenters. The van der Waals surface area contributed by atoms with Gasteiger partial charge in [-0.25, -0.2) is 4.98 Å². The van der Waals surface area contributed by atoms with Crippen LogP contribution in [0.2, 0.25) is 0 Å². The maximum Gasteiger partial charge on any atom is 0.272 e. The average Bonchev–Trinajstić information content (AvgIpc) is 3.03. The van der Waals surface area contributed by atoms with E-state index in [-0.39, 0.29) is 11.9 Å². The van der Waals surface area contributed by atoms with Gasteiger partial charge in [-0.05, 0) is 32.9 Å². The Morgan fingerprint density at radius 1 is 1.33 bits per heavy atom. The van der Waals surface area contributed by atoms with Gasteiger partial charge in [0.1, 0.15) is 11.5 Å². The molecule has 0 aliphatic rings. The molecular weight excluding hydrogens is 266 g/mol. The number of aromatic amines is 1. The molecule has 6 nitrogen and oxygen atoms in total. The molecule has 2 aromatic rings. The molecule has 0 bridgehead atoms. The molecule has 0 saturated carbocycles. The van der Waals surface area contributed by atoms with Gasteiger partial charge in [0.05, 0.1) is 6.04 Å². The van der Waals surface area contributed by atoms with Gasteiger partial charge in [-0.3, -0.25) is 9.78 Å². The van der Waals surface area contributed by atoms with Gasteiger partial charge >= 0.3 is 0 Å². The van der Waals surface area contributed by atoms with Crippen molar-refractivity contribution in [2.24, 2.45) is 0 Å². The lowest BCUT2D eigenvalue weighted by Gasteiger charge is -2.19. The van der Waals surface area contributed by atoms with E-state index in [1.54, 1.807) is 29.6 Å². The number of carbonyl (C=O) groups is 1. The Kier molecular flexibility index (Phi) is 4.92. The largest absolute Gasteiger partial charge is 0.375 e. The van der Waals surface area contributed by atoms with Gasteiger partial charge in [0.25, 0.3) is 5.91 Å². The highest BCUT2D eigenvalue weighted by Crippen LogP contribution is 2.17. The van der Waals surface area contributed by atoms with Crippen molar-refractivity contribution in [1.29, 1.82) is 0 Å². The number of carbonyl (C=O) groups excluding carboxylic acids is 1. The van der Waals surface area contributed by atoms with Gasteiger partial charge in [0.2, 0.25) is 0 Å². The molecular formula is C15H21N5O. The molecule has 0 saturated heterocycles. The average molecular weight is 287 g/mol. The summed E-state index contributed by atoms with van der Waals surface area (Å²) in [6.07, 6.45) is 5.15. The highest BCUT2D eigenvalue weighted by Gasteiger charge is 2.15. The number of H-pyrrole nitrogens is 1. The monoisotopic (exact) mass is 287 g/mol. The Balaban J connectivity index is 2.12. The molecule has 112 valence electrons. The number of aromatic nitrogens is 3. The van der Waals surface area contributed by atoms with Gasteiger partial charge in [-0.1, -0.05) is 0 Å². The van der Waals surface area contributed by atoms with Crippen LogP contribution >= 0.6 is 0 Å². The van der Waals surface area contributed by atoms with Crippen LogP contribution in [-0.4, -0.2) is 38.8 Å². The van der Waals surface area contributed by atoms with E-state index in [0.717, 1.165) is 11.5 Å². The van der Waals surface area contributed by atoms with Crippen LogP contribution < -0.4 is 5.32 Å². The number of hydrogen-bond donors (Lipinski definition) is 2. The predicted octanol–water partition coefficient (Wildman–Crippen LogP) is 2.46. The Hall–Kier alpha value is -2.37.